The summed E-state index contributed by atoms with van der Waals surface area (Å²) >= 11 is 0. The van der Waals surface area contributed by atoms with Gasteiger partial charge in [0.05, 0.1) is 5.69 Å². The number of carboxylic acid groups (broad SMARTS) is 1. The number of ether oxygens (including phenoxy) is 2. The molecule has 5 atom stereocenters. The second kappa shape index (κ2) is 6.92. The zero-order valence-electron chi connectivity index (χ0n) is 10.7. The van der Waals surface area contributed by atoms with E-state index in [0.29, 0.717) is 0 Å². The molecule has 1 aliphatic heterocycles. The number of aliphatic hydroxyl groups excluding tert-OH is 3. The van der Waals surface area contributed by atoms with Crippen molar-refractivity contribution < 1.29 is 34.7 Å². The van der Waals surface area contributed by atoms with Gasteiger partial charge in [-0.1, -0.05) is 12.1 Å². The highest BCUT2D eigenvalue weighted by Gasteiger charge is 2.48. The Bertz CT molecular complexity index is 500. The molecular weight excluding hydrogens is 306 g/mol. The summed E-state index contributed by atoms with van der Waals surface area (Å²) in [5, 5.41) is 37.8. The van der Waals surface area contributed by atoms with E-state index < -0.39 is 36.7 Å². The number of benzene rings is 1. The predicted molar refractivity (Wildman–Crippen MR) is 73.0 cm³/mol. The number of para-hydroxylation sites is 2. The normalized spacial score (nSPS) is 32.0. The van der Waals surface area contributed by atoms with Gasteiger partial charge in [0.1, 0.15) is 24.1 Å². The van der Waals surface area contributed by atoms with E-state index in [0.717, 1.165) is 0 Å². The fourth-order valence-corrected chi connectivity index (χ4v) is 1.86. The van der Waals surface area contributed by atoms with Crippen molar-refractivity contribution in [2.24, 2.45) is 0 Å². The van der Waals surface area contributed by atoms with Crippen molar-refractivity contribution in [3.05, 3.63) is 24.3 Å². The number of hydrogen-bond acceptors (Lipinski definition) is 7. The first kappa shape index (κ1) is 17.5. The Labute approximate surface area is 126 Å². The monoisotopic (exact) mass is 321 g/mol. The molecule has 21 heavy (non-hydrogen) atoms. The molecule has 0 spiro atoms. The molecule has 5 unspecified atom stereocenters. The summed E-state index contributed by atoms with van der Waals surface area (Å²) < 4.78 is 10.2. The van der Waals surface area contributed by atoms with Crippen LogP contribution in [0.2, 0.25) is 0 Å². The van der Waals surface area contributed by atoms with Gasteiger partial charge in [0.15, 0.2) is 6.10 Å². The highest BCUT2D eigenvalue weighted by atomic mass is 35.5. The Morgan fingerprint density at radius 2 is 1.76 bits per heavy atom. The summed E-state index contributed by atoms with van der Waals surface area (Å²) in [6.45, 7) is 0. The van der Waals surface area contributed by atoms with E-state index in [1.54, 1.807) is 18.2 Å². The molecule has 1 aliphatic rings. The van der Waals surface area contributed by atoms with Crippen molar-refractivity contribution >= 4 is 24.1 Å². The van der Waals surface area contributed by atoms with Crippen LogP contribution in [-0.4, -0.2) is 57.1 Å². The Hall–Kier alpha value is -1.58. The number of halogens is 1. The topological polar surface area (TPSA) is 142 Å². The van der Waals surface area contributed by atoms with Gasteiger partial charge in [-0.15, -0.1) is 12.4 Å². The molecule has 2 rings (SSSR count). The maximum atomic E-state index is 10.9. The van der Waals surface area contributed by atoms with Gasteiger partial charge in [-0.2, -0.15) is 0 Å². The molecule has 1 saturated heterocycles. The number of nitrogens with two attached hydrogens (primary N) is 1. The van der Waals surface area contributed by atoms with E-state index >= 15 is 0 Å². The number of carbonyl (C=O) groups is 1. The van der Waals surface area contributed by atoms with Crippen LogP contribution in [0.5, 0.6) is 5.75 Å². The largest absolute Gasteiger partial charge is 0.479 e. The first-order valence-corrected chi connectivity index (χ1v) is 5.85. The number of aliphatic carboxylic acids is 1. The molecule has 6 N–H and O–H groups in total. The van der Waals surface area contributed by atoms with Crippen LogP contribution in [0, 0.1) is 0 Å². The summed E-state index contributed by atoms with van der Waals surface area (Å²) in [6, 6.07) is 6.34. The van der Waals surface area contributed by atoms with Crippen LogP contribution in [0.4, 0.5) is 5.69 Å². The van der Waals surface area contributed by atoms with E-state index in [2.05, 4.69) is 0 Å². The average Bonchev–Trinajstić information content (AvgIpc) is 2.41. The number of anilines is 1. The summed E-state index contributed by atoms with van der Waals surface area (Å²) in [4.78, 5) is 10.9. The SMILES string of the molecule is Cl.Nc1ccccc1OC1OC(C(=O)O)C(O)C(O)C1O. The number of carboxylic acids is 1. The summed E-state index contributed by atoms with van der Waals surface area (Å²) in [6.07, 6.45) is -8.24. The molecule has 1 aromatic rings. The van der Waals surface area contributed by atoms with E-state index in [9.17, 15) is 20.1 Å². The van der Waals surface area contributed by atoms with Gasteiger partial charge in [0.25, 0.3) is 0 Å². The van der Waals surface area contributed by atoms with Crippen molar-refractivity contribution in [1.29, 1.82) is 0 Å². The van der Waals surface area contributed by atoms with E-state index in [1.165, 1.54) is 6.07 Å². The van der Waals surface area contributed by atoms with Crippen LogP contribution in [0.25, 0.3) is 0 Å². The minimum Gasteiger partial charge on any atom is -0.479 e. The molecule has 1 aromatic carbocycles. The number of rotatable bonds is 3. The molecule has 1 fully saturated rings. The van der Waals surface area contributed by atoms with Crippen LogP contribution >= 0.6 is 12.4 Å². The third-order valence-corrected chi connectivity index (χ3v) is 2.98. The van der Waals surface area contributed by atoms with Crippen LogP contribution in [-0.2, 0) is 9.53 Å². The minimum atomic E-state index is -1.75. The minimum absolute atomic E-state index is 0. The molecule has 8 nitrogen and oxygen atoms in total. The van der Waals surface area contributed by atoms with Gasteiger partial charge in [0, 0.05) is 0 Å². The van der Waals surface area contributed by atoms with Gasteiger partial charge in [-0.25, -0.2) is 4.79 Å². The van der Waals surface area contributed by atoms with Crippen molar-refractivity contribution in [2.75, 3.05) is 5.73 Å². The van der Waals surface area contributed by atoms with Crippen molar-refractivity contribution in [1.82, 2.24) is 0 Å². The lowest BCUT2D eigenvalue weighted by Crippen LogP contribution is -2.61. The molecule has 0 radical (unpaired) electrons. The molecule has 0 saturated carbocycles. The Morgan fingerprint density at radius 3 is 2.33 bits per heavy atom. The van der Waals surface area contributed by atoms with Crippen molar-refractivity contribution in [3.8, 4) is 5.75 Å². The van der Waals surface area contributed by atoms with Gasteiger partial charge in [-0.3, -0.25) is 0 Å². The molecule has 0 bridgehead atoms. The summed E-state index contributed by atoms with van der Waals surface area (Å²) in [7, 11) is 0. The van der Waals surface area contributed by atoms with Gasteiger partial charge in [-0.05, 0) is 12.1 Å². The van der Waals surface area contributed by atoms with E-state index in [1.807, 2.05) is 0 Å². The van der Waals surface area contributed by atoms with Crippen LogP contribution in [0.15, 0.2) is 24.3 Å². The lowest BCUT2D eigenvalue weighted by Gasteiger charge is -2.38. The Balaban J connectivity index is 0.00000220. The second-order valence-corrected chi connectivity index (χ2v) is 4.39. The van der Waals surface area contributed by atoms with Gasteiger partial charge >= 0.3 is 5.97 Å². The average molecular weight is 322 g/mol. The highest BCUT2D eigenvalue weighted by Crippen LogP contribution is 2.27. The molecule has 9 heteroatoms. The van der Waals surface area contributed by atoms with E-state index in [-0.39, 0.29) is 23.8 Å². The third-order valence-electron chi connectivity index (χ3n) is 2.98. The standard InChI is InChI=1S/C12H15NO7.ClH/c13-5-3-1-2-4-6(5)19-12-9(16)7(14)8(15)10(20-12)11(17)18;/h1-4,7-10,12,14-16H,13H2,(H,17,18);1H. The molecule has 0 aliphatic carbocycles. The number of aliphatic hydroxyl groups is 3. The van der Waals surface area contributed by atoms with Crippen LogP contribution in [0.1, 0.15) is 0 Å². The number of hydrogen-bond donors (Lipinski definition) is 5. The first-order chi connectivity index (χ1) is 9.41. The lowest BCUT2D eigenvalue weighted by molar-refractivity contribution is -0.271. The van der Waals surface area contributed by atoms with Gasteiger partial charge in [0.2, 0.25) is 6.29 Å². The Morgan fingerprint density at radius 1 is 1.14 bits per heavy atom. The zero-order chi connectivity index (χ0) is 14.9. The van der Waals surface area contributed by atoms with Gasteiger partial charge < -0.3 is 35.6 Å². The highest BCUT2D eigenvalue weighted by molar-refractivity contribution is 5.85. The van der Waals surface area contributed by atoms with E-state index in [4.69, 9.17) is 20.3 Å². The van der Waals surface area contributed by atoms with Crippen LogP contribution in [0.3, 0.4) is 0 Å². The predicted octanol–water partition coefficient (Wildman–Crippen LogP) is -1.04. The quantitative estimate of drug-likeness (QED) is 0.444. The maximum Gasteiger partial charge on any atom is 0.335 e. The molecule has 1 heterocycles. The number of nitrogen functional groups attached to an aromatic ring is 1. The molecule has 118 valence electrons. The fraction of sp³-hybridized carbons (Fsp3) is 0.417. The lowest BCUT2D eigenvalue weighted by atomic mass is 9.99. The van der Waals surface area contributed by atoms with Crippen molar-refractivity contribution in [3.63, 3.8) is 0 Å². The fourth-order valence-electron chi connectivity index (χ4n) is 1.86. The van der Waals surface area contributed by atoms with Crippen molar-refractivity contribution in [2.45, 2.75) is 30.7 Å². The summed E-state index contributed by atoms with van der Waals surface area (Å²) in [5.41, 5.74) is 5.91. The summed E-state index contributed by atoms with van der Waals surface area (Å²) in [5.74, 6) is -1.30. The third kappa shape index (κ3) is 3.55. The Kier molecular flexibility index (Phi) is 5.76. The molecule has 0 amide bonds. The maximum absolute atomic E-state index is 10.9. The second-order valence-electron chi connectivity index (χ2n) is 4.39. The van der Waals surface area contributed by atoms with Crippen LogP contribution < -0.4 is 10.5 Å². The molecule has 0 aromatic heterocycles. The zero-order valence-corrected chi connectivity index (χ0v) is 11.5. The smallest absolute Gasteiger partial charge is 0.335 e. The first-order valence-electron chi connectivity index (χ1n) is 5.85. The molecular formula is C12H16ClNO7.